The summed E-state index contributed by atoms with van der Waals surface area (Å²) in [4.78, 5) is 18.3. The maximum Gasteiger partial charge on any atom is 0.253 e. The summed E-state index contributed by atoms with van der Waals surface area (Å²) in [6, 6.07) is 2.39. The number of H-pyrrole nitrogens is 1. The van der Waals surface area contributed by atoms with Gasteiger partial charge >= 0.3 is 0 Å². The van der Waals surface area contributed by atoms with Gasteiger partial charge in [-0.1, -0.05) is 0 Å². The van der Waals surface area contributed by atoms with E-state index in [1.165, 1.54) is 12.4 Å². The molecule has 3 N–H and O–H groups in total. The van der Waals surface area contributed by atoms with E-state index < -0.39 is 11.7 Å². The zero-order valence-corrected chi connectivity index (χ0v) is 8.33. The van der Waals surface area contributed by atoms with Crippen molar-refractivity contribution < 1.29 is 14.3 Å². The fourth-order valence-corrected chi connectivity index (χ4v) is 1.45. The van der Waals surface area contributed by atoms with Crippen molar-refractivity contribution in [3.63, 3.8) is 0 Å². The minimum Gasteiger partial charge on any atom is -0.395 e. The van der Waals surface area contributed by atoms with Crippen molar-refractivity contribution >= 4 is 16.9 Å². The molecule has 0 radical (unpaired) electrons. The van der Waals surface area contributed by atoms with Crippen LogP contribution in [0.15, 0.2) is 18.5 Å². The number of imidazole rings is 1. The molecule has 2 rings (SSSR count). The summed E-state index contributed by atoms with van der Waals surface area (Å²) >= 11 is 0. The number of aromatic nitrogens is 2. The summed E-state index contributed by atoms with van der Waals surface area (Å²) in [6.45, 7) is -0.0357. The highest BCUT2D eigenvalue weighted by atomic mass is 19.1. The Labute approximate surface area is 90.3 Å². The van der Waals surface area contributed by atoms with E-state index in [1.807, 2.05) is 0 Å². The van der Waals surface area contributed by atoms with Crippen molar-refractivity contribution in [1.29, 1.82) is 0 Å². The maximum atomic E-state index is 13.2. The summed E-state index contributed by atoms with van der Waals surface area (Å²) in [5.41, 5.74) is 1.04. The summed E-state index contributed by atoms with van der Waals surface area (Å²) in [6.07, 6.45) is 1.40. The monoisotopic (exact) mass is 223 g/mol. The zero-order chi connectivity index (χ0) is 11.5. The highest BCUT2D eigenvalue weighted by molar-refractivity contribution is 6.04. The van der Waals surface area contributed by atoms with Gasteiger partial charge in [-0.15, -0.1) is 0 Å². The number of carbonyl (C=O) groups excluding carboxylic acids is 1. The van der Waals surface area contributed by atoms with Crippen LogP contribution in [-0.4, -0.2) is 34.1 Å². The Kier molecular flexibility index (Phi) is 2.82. The van der Waals surface area contributed by atoms with Gasteiger partial charge in [0.05, 0.1) is 24.0 Å². The standard InChI is InChI=1S/C10H10FN3O2/c11-6-3-7(10(16)12-1-2-15)9-8(4-6)13-5-14-9/h3-5,15H,1-2H2,(H,12,16)(H,13,14). The maximum absolute atomic E-state index is 13.2. The molecule has 0 saturated carbocycles. The van der Waals surface area contributed by atoms with E-state index in [0.717, 1.165) is 6.07 Å². The van der Waals surface area contributed by atoms with Crippen LogP contribution in [0.2, 0.25) is 0 Å². The first-order valence-corrected chi connectivity index (χ1v) is 4.74. The van der Waals surface area contributed by atoms with Crippen molar-refractivity contribution in [3.8, 4) is 0 Å². The molecular weight excluding hydrogens is 213 g/mol. The molecular formula is C10H10FN3O2. The van der Waals surface area contributed by atoms with Crippen molar-refractivity contribution in [3.05, 3.63) is 29.8 Å². The number of carbonyl (C=O) groups is 1. The SMILES string of the molecule is O=C(NCCO)c1cc(F)cc2[nH]cnc12. The zero-order valence-electron chi connectivity index (χ0n) is 8.33. The molecule has 0 aliphatic carbocycles. The van der Waals surface area contributed by atoms with E-state index in [2.05, 4.69) is 15.3 Å². The van der Waals surface area contributed by atoms with Crippen LogP contribution < -0.4 is 5.32 Å². The second-order valence-electron chi connectivity index (χ2n) is 3.23. The summed E-state index contributed by atoms with van der Waals surface area (Å²) < 4.78 is 13.2. The van der Waals surface area contributed by atoms with Gasteiger partial charge in [0, 0.05) is 6.54 Å². The van der Waals surface area contributed by atoms with Crippen LogP contribution >= 0.6 is 0 Å². The van der Waals surface area contributed by atoms with Crippen LogP contribution in [-0.2, 0) is 0 Å². The van der Waals surface area contributed by atoms with Gasteiger partial charge < -0.3 is 15.4 Å². The number of rotatable bonds is 3. The normalized spacial score (nSPS) is 10.6. The molecule has 0 spiro atoms. The van der Waals surface area contributed by atoms with Crippen LogP contribution in [0.4, 0.5) is 4.39 Å². The van der Waals surface area contributed by atoms with Crippen LogP contribution in [0.1, 0.15) is 10.4 Å². The van der Waals surface area contributed by atoms with E-state index in [9.17, 15) is 9.18 Å². The number of hydrogen-bond acceptors (Lipinski definition) is 3. The van der Waals surface area contributed by atoms with Gasteiger partial charge in [-0.3, -0.25) is 4.79 Å². The molecule has 1 aromatic carbocycles. The van der Waals surface area contributed by atoms with Crippen molar-refractivity contribution in [2.75, 3.05) is 13.2 Å². The molecule has 84 valence electrons. The molecule has 16 heavy (non-hydrogen) atoms. The Bertz CT molecular complexity index is 524. The lowest BCUT2D eigenvalue weighted by molar-refractivity contribution is 0.0946. The highest BCUT2D eigenvalue weighted by Crippen LogP contribution is 2.16. The minimum atomic E-state index is -0.508. The Morgan fingerprint density at radius 3 is 3.12 bits per heavy atom. The van der Waals surface area contributed by atoms with Gasteiger partial charge in [-0.2, -0.15) is 0 Å². The molecule has 0 fully saturated rings. The number of aliphatic hydroxyl groups is 1. The number of amides is 1. The Morgan fingerprint density at radius 1 is 1.56 bits per heavy atom. The summed E-state index contributed by atoms with van der Waals surface area (Å²) in [7, 11) is 0. The van der Waals surface area contributed by atoms with Crippen LogP contribution in [0.25, 0.3) is 11.0 Å². The smallest absolute Gasteiger partial charge is 0.253 e. The molecule has 0 bridgehead atoms. The number of aromatic amines is 1. The Hall–Kier alpha value is -1.95. The van der Waals surface area contributed by atoms with E-state index in [4.69, 9.17) is 5.11 Å². The predicted octanol–water partition coefficient (Wildman–Crippen LogP) is 0.424. The fourth-order valence-electron chi connectivity index (χ4n) is 1.45. The Morgan fingerprint density at radius 2 is 2.38 bits per heavy atom. The van der Waals surface area contributed by atoms with Crippen molar-refractivity contribution in [2.45, 2.75) is 0 Å². The van der Waals surface area contributed by atoms with Gasteiger partial charge in [0.15, 0.2) is 0 Å². The molecule has 0 atom stereocenters. The van der Waals surface area contributed by atoms with E-state index in [-0.39, 0.29) is 18.7 Å². The molecule has 0 aliphatic rings. The molecule has 0 unspecified atom stereocenters. The van der Waals surface area contributed by atoms with Gasteiger partial charge in [0.2, 0.25) is 0 Å². The molecule has 2 aromatic rings. The number of nitrogens with zero attached hydrogens (tertiary/aromatic N) is 1. The second-order valence-corrected chi connectivity index (χ2v) is 3.23. The van der Waals surface area contributed by atoms with Crippen molar-refractivity contribution in [2.24, 2.45) is 0 Å². The lowest BCUT2D eigenvalue weighted by Crippen LogP contribution is -2.26. The Balaban J connectivity index is 2.42. The molecule has 0 aliphatic heterocycles. The first-order chi connectivity index (χ1) is 7.72. The highest BCUT2D eigenvalue weighted by Gasteiger charge is 2.13. The minimum absolute atomic E-state index is 0.126. The van der Waals surface area contributed by atoms with E-state index in [0.29, 0.717) is 11.0 Å². The lowest BCUT2D eigenvalue weighted by atomic mass is 10.1. The number of fused-ring (bicyclic) bond motifs is 1. The van der Waals surface area contributed by atoms with Gasteiger partial charge in [-0.05, 0) is 12.1 Å². The average molecular weight is 223 g/mol. The average Bonchev–Trinajstić information content (AvgIpc) is 2.72. The van der Waals surface area contributed by atoms with Crippen LogP contribution in [0.5, 0.6) is 0 Å². The topological polar surface area (TPSA) is 78.0 Å². The first-order valence-electron chi connectivity index (χ1n) is 4.74. The number of aliphatic hydroxyl groups excluding tert-OH is 1. The molecule has 1 heterocycles. The molecule has 0 saturated heterocycles. The molecule has 1 aromatic heterocycles. The summed E-state index contributed by atoms with van der Waals surface area (Å²) in [5, 5.41) is 11.0. The van der Waals surface area contributed by atoms with E-state index >= 15 is 0 Å². The second kappa shape index (κ2) is 4.28. The number of hydrogen-bond donors (Lipinski definition) is 3. The quantitative estimate of drug-likeness (QED) is 0.705. The molecule has 6 heteroatoms. The molecule has 5 nitrogen and oxygen atoms in total. The van der Waals surface area contributed by atoms with Gasteiger partial charge in [-0.25, -0.2) is 9.37 Å². The third-order valence-corrected chi connectivity index (χ3v) is 2.13. The largest absolute Gasteiger partial charge is 0.395 e. The molecule has 1 amide bonds. The van der Waals surface area contributed by atoms with Gasteiger partial charge in [0.1, 0.15) is 11.3 Å². The third-order valence-electron chi connectivity index (χ3n) is 2.13. The van der Waals surface area contributed by atoms with Gasteiger partial charge in [0.25, 0.3) is 5.91 Å². The predicted molar refractivity (Wildman–Crippen MR) is 55.5 cm³/mol. The number of benzene rings is 1. The van der Waals surface area contributed by atoms with Crippen LogP contribution in [0.3, 0.4) is 0 Å². The number of halogens is 1. The fraction of sp³-hybridized carbons (Fsp3) is 0.200. The van der Waals surface area contributed by atoms with Crippen LogP contribution in [0, 0.1) is 5.82 Å². The van der Waals surface area contributed by atoms with Crippen molar-refractivity contribution in [1.82, 2.24) is 15.3 Å². The number of nitrogens with one attached hydrogen (secondary N) is 2. The first kappa shape index (κ1) is 10.6. The summed E-state index contributed by atoms with van der Waals surface area (Å²) in [5.74, 6) is -0.962. The lowest BCUT2D eigenvalue weighted by Gasteiger charge is -2.04. The third kappa shape index (κ3) is 1.87. The van der Waals surface area contributed by atoms with E-state index in [1.54, 1.807) is 0 Å².